The molecule has 2 unspecified atom stereocenters. The minimum Gasteiger partial charge on any atom is -0.467 e. The number of nitrogens with zero attached hydrogens (tertiary/aromatic N) is 2. The maximum atomic E-state index is 12.1. The van der Waals surface area contributed by atoms with Crippen LogP contribution in [0, 0.1) is 0 Å². The molecule has 0 aliphatic carbocycles. The normalized spacial score (nSPS) is 19.2. The molecule has 0 N–H and O–H groups in total. The molecule has 33 heavy (non-hydrogen) atoms. The monoisotopic (exact) mass is 496 g/mol. The van der Waals surface area contributed by atoms with Crippen molar-refractivity contribution in [2.24, 2.45) is 0 Å². The molecule has 4 rings (SSSR count). The van der Waals surface area contributed by atoms with Gasteiger partial charge < -0.3 is 19.3 Å². The van der Waals surface area contributed by atoms with Gasteiger partial charge in [-0.2, -0.15) is 24.3 Å². The first-order valence-corrected chi connectivity index (χ1v) is 10.7. The van der Waals surface area contributed by atoms with Gasteiger partial charge >= 0.3 is 11.9 Å². The van der Waals surface area contributed by atoms with Gasteiger partial charge in [0.2, 0.25) is 0 Å². The van der Waals surface area contributed by atoms with Crippen molar-refractivity contribution < 1.29 is 45.7 Å². The number of methoxy groups -OCH3 is 2. The summed E-state index contributed by atoms with van der Waals surface area (Å²) in [5.41, 5.74) is 1.27. The second-order valence-electron chi connectivity index (χ2n) is 7.71. The predicted molar refractivity (Wildman–Crippen MR) is 116 cm³/mol. The summed E-state index contributed by atoms with van der Waals surface area (Å²) >= 11 is 0. The maximum absolute atomic E-state index is 12.1. The van der Waals surface area contributed by atoms with Crippen molar-refractivity contribution in [2.45, 2.75) is 37.8 Å². The van der Waals surface area contributed by atoms with Gasteiger partial charge in [0.15, 0.2) is 11.8 Å². The third-order valence-corrected chi connectivity index (χ3v) is 5.79. The minimum absolute atomic E-state index is 0. The molecule has 2 aliphatic heterocycles. The third kappa shape index (κ3) is 6.12. The molecule has 0 aromatic heterocycles. The quantitative estimate of drug-likeness (QED) is 0.367. The van der Waals surface area contributed by atoms with Crippen molar-refractivity contribution in [3.63, 3.8) is 0 Å². The Morgan fingerprint density at radius 1 is 0.697 bits per heavy atom. The van der Waals surface area contributed by atoms with E-state index in [1.807, 2.05) is 24.3 Å². The van der Waals surface area contributed by atoms with E-state index in [1.165, 1.54) is 14.2 Å². The van der Waals surface area contributed by atoms with Crippen LogP contribution in [0.15, 0.2) is 48.5 Å². The van der Waals surface area contributed by atoms with Gasteiger partial charge in [0.1, 0.15) is 12.1 Å². The van der Waals surface area contributed by atoms with Gasteiger partial charge in [-0.15, -0.1) is 0 Å². The first-order valence-electron chi connectivity index (χ1n) is 10.7. The molecule has 2 atom stereocenters. The smallest absolute Gasteiger partial charge is 0.328 e. The van der Waals surface area contributed by atoms with Crippen molar-refractivity contribution in [3.8, 4) is 0 Å². The number of amides is 2. The minimum atomic E-state index is -0.410. The molecule has 2 amide bonds. The number of carbonyl (C=O) groups is 4. The van der Waals surface area contributed by atoms with Crippen LogP contribution in [0.1, 0.15) is 46.4 Å². The summed E-state index contributed by atoms with van der Waals surface area (Å²) in [7, 11) is 2.71. The molecule has 8 nitrogen and oxygen atoms in total. The summed E-state index contributed by atoms with van der Waals surface area (Å²) in [6.07, 6.45) is 3.09. The number of ether oxygens (including phenoxy) is 2. The van der Waals surface area contributed by atoms with Gasteiger partial charge in [0.05, 0.1) is 14.2 Å². The second-order valence-corrected chi connectivity index (χ2v) is 7.71. The van der Waals surface area contributed by atoms with Gasteiger partial charge in [-0.25, -0.2) is 33.9 Å². The van der Waals surface area contributed by atoms with Crippen LogP contribution in [0.4, 0.5) is 0 Å². The number of hydrogen-bond donors (Lipinski definition) is 0. The van der Waals surface area contributed by atoms with Crippen LogP contribution in [0.3, 0.4) is 0 Å². The van der Waals surface area contributed by atoms with E-state index in [-0.39, 0.29) is 40.8 Å². The Labute approximate surface area is 204 Å². The van der Waals surface area contributed by atoms with E-state index < -0.39 is 12.1 Å². The second kappa shape index (κ2) is 12.4. The van der Waals surface area contributed by atoms with E-state index in [0.29, 0.717) is 37.1 Å². The zero-order valence-corrected chi connectivity index (χ0v) is 19.8. The van der Waals surface area contributed by atoms with E-state index in [4.69, 9.17) is 9.47 Å². The van der Waals surface area contributed by atoms with Gasteiger partial charge in [0, 0.05) is 30.2 Å². The number of rotatable bonds is 4. The Kier molecular flexibility index (Phi) is 9.88. The summed E-state index contributed by atoms with van der Waals surface area (Å²) < 4.78 is 9.40. The van der Waals surface area contributed by atoms with Crippen LogP contribution in [0.25, 0.3) is 0 Å². The molecule has 2 fully saturated rings. The van der Waals surface area contributed by atoms with E-state index in [0.717, 1.165) is 12.8 Å². The summed E-state index contributed by atoms with van der Waals surface area (Å²) in [6.45, 7) is 1.26. The van der Waals surface area contributed by atoms with Crippen LogP contribution < -0.4 is 0 Å². The van der Waals surface area contributed by atoms with E-state index in [2.05, 4.69) is 0 Å². The topological polar surface area (TPSA) is 93.2 Å². The van der Waals surface area contributed by atoms with Gasteiger partial charge in [-0.1, -0.05) is 11.1 Å². The van der Waals surface area contributed by atoms with Gasteiger partial charge in [-0.05, 0) is 25.7 Å². The van der Waals surface area contributed by atoms with E-state index >= 15 is 0 Å². The molecule has 2 aromatic carbocycles. The number of carbonyl (C=O) groups excluding carboxylic acids is 4. The van der Waals surface area contributed by atoms with Crippen molar-refractivity contribution in [1.82, 2.24) is 9.80 Å². The van der Waals surface area contributed by atoms with Crippen LogP contribution >= 0.6 is 0 Å². The predicted octanol–water partition coefficient (Wildman–Crippen LogP) is 2.36. The standard InChI is InChI=1S/2C12H14NO3.Fe/c2*1-16-12(15)10-7-4-8-13(10)11(14)9-5-2-3-6-9;/h2*2-3,5-6,10H,4,7-8H2,1H3;/q2*-1;. The van der Waals surface area contributed by atoms with Gasteiger partial charge in [0.25, 0.3) is 0 Å². The van der Waals surface area contributed by atoms with E-state index in [1.54, 1.807) is 34.1 Å². The van der Waals surface area contributed by atoms with Crippen molar-refractivity contribution in [3.05, 3.63) is 59.7 Å². The first kappa shape index (κ1) is 26.4. The molecule has 0 spiro atoms. The van der Waals surface area contributed by atoms with Crippen LogP contribution in [-0.4, -0.2) is 72.9 Å². The fourth-order valence-corrected chi connectivity index (χ4v) is 4.15. The van der Waals surface area contributed by atoms with E-state index in [9.17, 15) is 19.2 Å². The molecule has 0 bridgehead atoms. The summed E-state index contributed by atoms with van der Waals surface area (Å²) in [5.74, 6) is -0.814. The molecule has 180 valence electrons. The Morgan fingerprint density at radius 3 is 1.33 bits per heavy atom. The largest absolute Gasteiger partial charge is 0.467 e. The fraction of sp³-hybridized carbons (Fsp3) is 0.417. The molecular weight excluding hydrogens is 468 g/mol. The Hall–Kier alpha value is -2.90. The average Bonchev–Trinajstić information content (AvgIpc) is 3.63. The van der Waals surface area contributed by atoms with Crippen LogP contribution in [0.5, 0.6) is 0 Å². The summed E-state index contributed by atoms with van der Waals surface area (Å²) in [5, 5.41) is 0. The third-order valence-electron chi connectivity index (χ3n) is 5.79. The molecular formula is C24H28FeN2O6-2. The van der Waals surface area contributed by atoms with Crippen LogP contribution in [0.2, 0.25) is 0 Å². The molecule has 2 heterocycles. The molecule has 0 radical (unpaired) electrons. The van der Waals surface area contributed by atoms with Crippen molar-refractivity contribution >= 4 is 23.8 Å². The Morgan fingerprint density at radius 2 is 1.03 bits per heavy atom. The molecule has 2 aliphatic rings. The zero-order valence-electron chi connectivity index (χ0n) is 18.7. The maximum Gasteiger partial charge on any atom is 0.328 e. The summed E-state index contributed by atoms with van der Waals surface area (Å²) in [6, 6.07) is 13.5. The number of hydrogen-bond acceptors (Lipinski definition) is 6. The number of likely N-dealkylation sites (tertiary alicyclic amines) is 2. The fourth-order valence-electron chi connectivity index (χ4n) is 4.15. The summed E-state index contributed by atoms with van der Waals surface area (Å²) in [4.78, 5) is 50.3. The average molecular weight is 496 g/mol. The van der Waals surface area contributed by atoms with Crippen molar-refractivity contribution in [2.75, 3.05) is 27.3 Å². The number of esters is 2. The molecule has 2 aromatic rings. The SMILES string of the molecule is COC(=O)C1CCCN1C(=O)[c-]1cccc1.COC(=O)C1CCCN1C(=O)[c-]1cccc1.[Fe]. The molecule has 2 saturated heterocycles. The first-order chi connectivity index (χ1) is 15.5. The Bertz CT molecular complexity index is 849. The molecule has 0 saturated carbocycles. The van der Waals surface area contributed by atoms with Gasteiger partial charge in [-0.3, -0.25) is 9.59 Å². The van der Waals surface area contributed by atoms with Crippen molar-refractivity contribution in [1.29, 1.82) is 0 Å². The molecule has 9 heteroatoms. The Balaban J connectivity index is 0.000000227. The zero-order chi connectivity index (χ0) is 23.1. The van der Waals surface area contributed by atoms with Crippen LogP contribution in [-0.2, 0) is 36.1 Å².